The molecule has 14 heteroatoms. The van der Waals surface area contributed by atoms with E-state index in [2.05, 4.69) is 16.0 Å². The van der Waals surface area contributed by atoms with Crippen LogP contribution in [0.2, 0.25) is 0 Å². The van der Waals surface area contributed by atoms with Gasteiger partial charge in [-0.3, -0.25) is 24.0 Å². The molecule has 1 aromatic rings. The first kappa shape index (κ1) is 32.0. The van der Waals surface area contributed by atoms with Crippen molar-refractivity contribution in [1.82, 2.24) is 20.9 Å². The predicted molar refractivity (Wildman–Crippen MR) is 141 cm³/mol. The third kappa shape index (κ3) is 9.22. The van der Waals surface area contributed by atoms with Crippen molar-refractivity contribution < 1.29 is 44.1 Å². The number of nitrogens with one attached hydrogen (secondary N) is 3. The summed E-state index contributed by atoms with van der Waals surface area (Å²) in [6.07, 6.45) is 0.0104. The number of phenols is 1. The lowest BCUT2D eigenvalue weighted by atomic mass is 10.0. The lowest BCUT2D eigenvalue weighted by Crippen LogP contribution is -2.58. The van der Waals surface area contributed by atoms with E-state index in [1.165, 1.54) is 17.0 Å². The molecule has 1 aliphatic rings. The van der Waals surface area contributed by atoms with E-state index in [9.17, 15) is 39.0 Å². The van der Waals surface area contributed by atoms with Crippen LogP contribution in [0.3, 0.4) is 0 Å². The van der Waals surface area contributed by atoms with Gasteiger partial charge in [-0.25, -0.2) is 4.79 Å². The number of benzene rings is 1. The zero-order valence-corrected chi connectivity index (χ0v) is 22.5. The summed E-state index contributed by atoms with van der Waals surface area (Å²) >= 11 is 0. The number of carboxylic acid groups (broad SMARTS) is 2. The van der Waals surface area contributed by atoms with E-state index >= 15 is 0 Å². The molecule has 0 saturated carbocycles. The quantitative estimate of drug-likeness (QED) is 0.145. The molecule has 1 aromatic carbocycles. The molecule has 0 bridgehead atoms. The standard InChI is InChI=1S/C26H37N5O9/c1-14(2)22(26(39)40)30-23(36)17(9-10-21(34)35)29-24(37)19-4-3-11-31(19)25(38)18(28-20(33)13-27)12-15-5-7-16(32)8-6-15/h5-8,14,17-19,22,32H,3-4,9-13,27H2,1-2H3,(H,28,33)(H,29,37)(H,30,36)(H,34,35)(H,39,40)/t17-,18-,19-,22-/m0/s1. The molecule has 0 spiro atoms. The number of likely N-dealkylation sites (tertiary alicyclic amines) is 1. The minimum Gasteiger partial charge on any atom is -0.508 e. The molecular formula is C26H37N5O9. The van der Waals surface area contributed by atoms with Crippen LogP contribution in [0.1, 0.15) is 45.1 Å². The molecule has 1 aliphatic heterocycles. The van der Waals surface area contributed by atoms with Gasteiger partial charge in [-0.05, 0) is 42.9 Å². The Morgan fingerprint density at radius 1 is 1.00 bits per heavy atom. The van der Waals surface area contributed by atoms with Crippen molar-refractivity contribution in [3.8, 4) is 5.75 Å². The van der Waals surface area contributed by atoms with Gasteiger partial charge in [-0.2, -0.15) is 0 Å². The Kier molecular flexibility index (Phi) is 11.9. The lowest BCUT2D eigenvalue weighted by Gasteiger charge is -2.30. The maximum Gasteiger partial charge on any atom is 0.326 e. The van der Waals surface area contributed by atoms with Crippen molar-refractivity contribution in [2.45, 2.75) is 70.1 Å². The van der Waals surface area contributed by atoms with E-state index in [1.54, 1.807) is 26.0 Å². The number of amides is 4. The molecule has 8 N–H and O–H groups in total. The van der Waals surface area contributed by atoms with Crippen molar-refractivity contribution in [2.24, 2.45) is 11.7 Å². The average molecular weight is 564 g/mol. The molecule has 4 atom stereocenters. The molecule has 0 aliphatic carbocycles. The van der Waals surface area contributed by atoms with Crippen LogP contribution in [0.5, 0.6) is 5.75 Å². The van der Waals surface area contributed by atoms with E-state index in [4.69, 9.17) is 10.8 Å². The Bertz CT molecular complexity index is 1090. The molecule has 1 fully saturated rings. The van der Waals surface area contributed by atoms with Gasteiger partial charge >= 0.3 is 11.9 Å². The summed E-state index contributed by atoms with van der Waals surface area (Å²) in [5, 5.41) is 35.4. The minimum atomic E-state index is -1.36. The summed E-state index contributed by atoms with van der Waals surface area (Å²) in [5.41, 5.74) is 6.05. The molecular weight excluding hydrogens is 526 g/mol. The van der Waals surface area contributed by atoms with Crippen LogP contribution in [0.4, 0.5) is 0 Å². The molecule has 0 radical (unpaired) electrons. The molecule has 1 heterocycles. The van der Waals surface area contributed by atoms with Crippen molar-refractivity contribution >= 4 is 35.6 Å². The van der Waals surface area contributed by atoms with Crippen LogP contribution in [0.25, 0.3) is 0 Å². The van der Waals surface area contributed by atoms with E-state index in [-0.39, 0.29) is 38.1 Å². The van der Waals surface area contributed by atoms with Gasteiger partial charge in [0.15, 0.2) is 0 Å². The van der Waals surface area contributed by atoms with Gasteiger partial charge in [0.05, 0.1) is 6.54 Å². The maximum atomic E-state index is 13.5. The Labute approximate surface area is 231 Å². The highest BCUT2D eigenvalue weighted by Gasteiger charge is 2.39. The van der Waals surface area contributed by atoms with E-state index in [0.717, 1.165) is 0 Å². The molecule has 4 amide bonds. The first-order valence-electron chi connectivity index (χ1n) is 13.0. The predicted octanol–water partition coefficient (Wildman–Crippen LogP) is -1.06. The molecule has 2 rings (SSSR count). The summed E-state index contributed by atoms with van der Waals surface area (Å²) in [4.78, 5) is 75.8. The Balaban J connectivity index is 2.22. The first-order valence-corrected chi connectivity index (χ1v) is 13.0. The third-order valence-corrected chi connectivity index (χ3v) is 6.54. The zero-order chi connectivity index (χ0) is 30.0. The molecule has 40 heavy (non-hydrogen) atoms. The first-order chi connectivity index (χ1) is 18.8. The fraction of sp³-hybridized carbons (Fsp3) is 0.538. The number of nitrogens with zero attached hydrogens (tertiary/aromatic N) is 1. The van der Waals surface area contributed by atoms with Gasteiger partial charge in [0.2, 0.25) is 23.6 Å². The molecule has 1 saturated heterocycles. The summed E-state index contributed by atoms with van der Waals surface area (Å²) < 4.78 is 0. The largest absolute Gasteiger partial charge is 0.508 e. The highest BCUT2D eigenvalue weighted by molar-refractivity contribution is 5.95. The highest BCUT2D eigenvalue weighted by Crippen LogP contribution is 2.21. The van der Waals surface area contributed by atoms with Crippen molar-refractivity contribution in [2.75, 3.05) is 13.1 Å². The van der Waals surface area contributed by atoms with Gasteiger partial charge < -0.3 is 41.9 Å². The summed E-state index contributed by atoms with van der Waals surface area (Å²) in [6, 6.07) is 1.36. The number of carbonyl (C=O) groups is 6. The fourth-order valence-corrected chi connectivity index (χ4v) is 4.40. The number of carbonyl (C=O) groups excluding carboxylic acids is 4. The zero-order valence-electron chi connectivity index (χ0n) is 22.5. The summed E-state index contributed by atoms with van der Waals surface area (Å²) in [7, 11) is 0. The number of carboxylic acids is 2. The van der Waals surface area contributed by atoms with Crippen LogP contribution in [-0.4, -0.2) is 93.0 Å². The monoisotopic (exact) mass is 563 g/mol. The number of aliphatic carboxylic acids is 2. The maximum absolute atomic E-state index is 13.5. The average Bonchev–Trinajstić information content (AvgIpc) is 3.39. The lowest BCUT2D eigenvalue weighted by molar-refractivity contribution is -0.145. The second-order valence-electron chi connectivity index (χ2n) is 9.95. The topological polar surface area (TPSA) is 228 Å². The number of hydrogen-bond donors (Lipinski definition) is 7. The molecule has 0 aromatic heterocycles. The number of nitrogens with two attached hydrogens (primary N) is 1. The van der Waals surface area contributed by atoms with Crippen LogP contribution < -0.4 is 21.7 Å². The van der Waals surface area contributed by atoms with Gasteiger partial charge in [0, 0.05) is 19.4 Å². The van der Waals surface area contributed by atoms with Crippen molar-refractivity contribution in [3.05, 3.63) is 29.8 Å². The van der Waals surface area contributed by atoms with E-state index in [0.29, 0.717) is 12.0 Å². The van der Waals surface area contributed by atoms with Gasteiger partial charge in [0.1, 0.15) is 29.9 Å². The van der Waals surface area contributed by atoms with Gasteiger partial charge in [-0.1, -0.05) is 26.0 Å². The van der Waals surface area contributed by atoms with Crippen LogP contribution in [0, 0.1) is 5.92 Å². The second-order valence-corrected chi connectivity index (χ2v) is 9.95. The van der Waals surface area contributed by atoms with Crippen LogP contribution in [-0.2, 0) is 35.2 Å². The molecule has 0 unspecified atom stereocenters. The fourth-order valence-electron chi connectivity index (χ4n) is 4.40. The van der Waals surface area contributed by atoms with Gasteiger partial charge in [0.25, 0.3) is 0 Å². The number of aromatic hydroxyl groups is 1. The Hall–Kier alpha value is -4.20. The molecule has 220 valence electrons. The van der Waals surface area contributed by atoms with Crippen molar-refractivity contribution in [3.63, 3.8) is 0 Å². The van der Waals surface area contributed by atoms with Crippen molar-refractivity contribution in [1.29, 1.82) is 0 Å². The van der Waals surface area contributed by atoms with Crippen LogP contribution in [0.15, 0.2) is 24.3 Å². The smallest absolute Gasteiger partial charge is 0.326 e. The normalized spacial score (nSPS) is 17.0. The number of rotatable bonds is 14. The Morgan fingerprint density at radius 2 is 1.65 bits per heavy atom. The second kappa shape index (κ2) is 14.8. The highest BCUT2D eigenvalue weighted by atomic mass is 16.4. The summed E-state index contributed by atoms with van der Waals surface area (Å²) in [6.45, 7) is 3.01. The van der Waals surface area contributed by atoms with Gasteiger partial charge in [-0.15, -0.1) is 0 Å². The minimum absolute atomic E-state index is 0.0263. The third-order valence-electron chi connectivity index (χ3n) is 6.54. The Morgan fingerprint density at radius 3 is 2.20 bits per heavy atom. The van der Waals surface area contributed by atoms with E-state index in [1.807, 2.05) is 0 Å². The SMILES string of the molecule is CC(C)[C@H](NC(=O)[C@H](CCC(=O)O)NC(=O)[C@@H]1CCCN1C(=O)[C@H](Cc1ccc(O)cc1)NC(=O)CN)C(=O)O. The number of phenolic OH excluding ortho intramolecular Hbond substituents is 1. The molecule has 14 nitrogen and oxygen atoms in total. The van der Waals surface area contributed by atoms with E-state index < -0.39 is 72.1 Å². The number of hydrogen-bond acceptors (Lipinski definition) is 8. The van der Waals surface area contributed by atoms with Crippen LogP contribution >= 0.6 is 0 Å². The summed E-state index contributed by atoms with van der Waals surface area (Å²) in [5.74, 6) is -5.64.